The monoisotopic (exact) mass is 266 g/mol. The van der Waals surface area contributed by atoms with Gasteiger partial charge in [0.2, 0.25) is 5.91 Å². The highest BCUT2D eigenvalue weighted by molar-refractivity contribution is 7.99. The number of benzene rings is 1. The fourth-order valence-electron chi connectivity index (χ4n) is 1.26. The van der Waals surface area contributed by atoms with Gasteiger partial charge in [0.05, 0.1) is 11.4 Å². The molecule has 0 spiro atoms. The van der Waals surface area contributed by atoms with E-state index < -0.39 is 5.41 Å². The fourth-order valence-corrected chi connectivity index (χ4v) is 2.07. The zero-order valence-corrected chi connectivity index (χ0v) is 12.4. The molecular formula is C14H22N2OS. The molecule has 1 rings (SSSR count). The zero-order chi connectivity index (χ0) is 13.8. The molecular weight excluding hydrogens is 244 g/mol. The molecule has 0 aromatic heterocycles. The lowest BCUT2D eigenvalue weighted by Gasteiger charge is -2.19. The van der Waals surface area contributed by atoms with Gasteiger partial charge in [-0.25, -0.2) is 0 Å². The molecule has 0 saturated heterocycles. The van der Waals surface area contributed by atoms with E-state index in [4.69, 9.17) is 5.73 Å². The molecule has 100 valence electrons. The number of carbonyl (C=O) groups is 1. The molecule has 0 heterocycles. The smallest absolute Gasteiger partial charge is 0.229 e. The standard InChI is InChI=1S/C14H22N2OS/c1-5-8-18-10-6-7-11(15)12(9-10)16-13(17)14(2,3)4/h6-7,9H,5,8,15H2,1-4H3,(H,16,17). The quantitative estimate of drug-likeness (QED) is 0.644. The molecule has 0 atom stereocenters. The van der Waals surface area contributed by atoms with E-state index in [0.29, 0.717) is 11.4 Å². The third-order valence-electron chi connectivity index (χ3n) is 2.43. The van der Waals surface area contributed by atoms with Crippen molar-refractivity contribution in [3.63, 3.8) is 0 Å². The Balaban J connectivity index is 2.84. The van der Waals surface area contributed by atoms with Crippen LogP contribution in [-0.2, 0) is 4.79 Å². The summed E-state index contributed by atoms with van der Waals surface area (Å²) in [5.41, 5.74) is 6.78. The molecule has 1 aromatic carbocycles. The van der Waals surface area contributed by atoms with E-state index in [9.17, 15) is 4.79 Å². The minimum atomic E-state index is -0.418. The van der Waals surface area contributed by atoms with Crippen LogP contribution >= 0.6 is 11.8 Å². The van der Waals surface area contributed by atoms with Gasteiger partial charge in [-0.15, -0.1) is 11.8 Å². The average Bonchev–Trinajstić information content (AvgIpc) is 2.28. The first-order valence-corrected chi connectivity index (χ1v) is 7.17. The van der Waals surface area contributed by atoms with Gasteiger partial charge in [-0.1, -0.05) is 27.7 Å². The summed E-state index contributed by atoms with van der Waals surface area (Å²) in [5, 5.41) is 2.89. The number of nitrogens with one attached hydrogen (secondary N) is 1. The Morgan fingerprint density at radius 2 is 2.06 bits per heavy atom. The van der Waals surface area contributed by atoms with Gasteiger partial charge in [0.25, 0.3) is 0 Å². The van der Waals surface area contributed by atoms with E-state index in [1.165, 1.54) is 0 Å². The second-order valence-electron chi connectivity index (χ2n) is 5.30. The Morgan fingerprint density at radius 3 is 2.61 bits per heavy atom. The second kappa shape index (κ2) is 6.14. The topological polar surface area (TPSA) is 55.1 Å². The molecule has 0 aliphatic rings. The molecule has 0 fully saturated rings. The SMILES string of the molecule is CCCSc1ccc(N)c(NC(=O)C(C)(C)C)c1. The van der Waals surface area contributed by atoms with E-state index in [1.807, 2.05) is 39.0 Å². The van der Waals surface area contributed by atoms with Crippen molar-refractivity contribution in [1.29, 1.82) is 0 Å². The maximum absolute atomic E-state index is 11.9. The van der Waals surface area contributed by atoms with Crippen LogP contribution in [0.5, 0.6) is 0 Å². The van der Waals surface area contributed by atoms with Gasteiger partial charge in [0, 0.05) is 10.3 Å². The Morgan fingerprint density at radius 1 is 1.39 bits per heavy atom. The molecule has 0 aliphatic heterocycles. The molecule has 0 bridgehead atoms. The van der Waals surface area contributed by atoms with Gasteiger partial charge in [0.15, 0.2) is 0 Å². The molecule has 0 radical (unpaired) electrons. The zero-order valence-electron chi connectivity index (χ0n) is 11.5. The number of nitrogen functional groups attached to an aromatic ring is 1. The summed E-state index contributed by atoms with van der Waals surface area (Å²) in [5.74, 6) is 1.04. The number of hydrogen-bond acceptors (Lipinski definition) is 3. The van der Waals surface area contributed by atoms with Gasteiger partial charge in [-0.3, -0.25) is 4.79 Å². The van der Waals surface area contributed by atoms with Crippen LogP contribution < -0.4 is 11.1 Å². The molecule has 3 nitrogen and oxygen atoms in total. The van der Waals surface area contributed by atoms with E-state index in [0.717, 1.165) is 17.1 Å². The van der Waals surface area contributed by atoms with Gasteiger partial charge in [0.1, 0.15) is 0 Å². The summed E-state index contributed by atoms with van der Waals surface area (Å²) < 4.78 is 0. The number of rotatable bonds is 4. The van der Waals surface area contributed by atoms with Crippen molar-refractivity contribution in [3.05, 3.63) is 18.2 Å². The Hall–Kier alpha value is -1.16. The van der Waals surface area contributed by atoms with E-state index in [2.05, 4.69) is 12.2 Å². The van der Waals surface area contributed by atoms with Gasteiger partial charge in [-0.2, -0.15) is 0 Å². The van der Waals surface area contributed by atoms with Crippen LogP contribution in [0.4, 0.5) is 11.4 Å². The van der Waals surface area contributed by atoms with E-state index >= 15 is 0 Å². The van der Waals surface area contributed by atoms with Crippen LogP contribution in [0.3, 0.4) is 0 Å². The van der Waals surface area contributed by atoms with Gasteiger partial charge < -0.3 is 11.1 Å². The third-order valence-corrected chi connectivity index (χ3v) is 3.63. The summed E-state index contributed by atoms with van der Waals surface area (Å²) in [6, 6.07) is 5.78. The minimum Gasteiger partial charge on any atom is -0.397 e. The molecule has 4 heteroatoms. The maximum atomic E-state index is 11.9. The summed E-state index contributed by atoms with van der Waals surface area (Å²) in [4.78, 5) is 13.1. The maximum Gasteiger partial charge on any atom is 0.229 e. The summed E-state index contributed by atoms with van der Waals surface area (Å²) in [7, 11) is 0. The van der Waals surface area contributed by atoms with Crippen molar-refractivity contribution in [3.8, 4) is 0 Å². The number of nitrogens with two attached hydrogens (primary N) is 1. The van der Waals surface area contributed by atoms with Crippen molar-refractivity contribution in [2.45, 2.75) is 39.0 Å². The molecule has 1 aromatic rings. The van der Waals surface area contributed by atoms with Crippen LogP contribution in [0.1, 0.15) is 34.1 Å². The first kappa shape index (κ1) is 14.9. The van der Waals surface area contributed by atoms with E-state index in [-0.39, 0.29) is 5.91 Å². The molecule has 0 saturated carbocycles. The molecule has 1 amide bonds. The fraction of sp³-hybridized carbons (Fsp3) is 0.500. The van der Waals surface area contributed by atoms with Crippen molar-refractivity contribution < 1.29 is 4.79 Å². The second-order valence-corrected chi connectivity index (χ2v) is 6.47. The number of amides is 1. The van der Waals surface area contributed by atoms with Crippen molar-refractivity contribution in [1.82, 2.24) is 0 Å². The van der Waals surface area contributed by atoms with Crippen LogP contribution in [0.15, 0.2) is 23.1 Å². The lowest BCUT2D eigenvalue weighted by Crippen LogP contribution is -2.28. The van der Waals surface area contributed by atoms with Crippen molar-refractivity contribution in [2.75, 3.05) is 16.8 Å². The average molecular weight is 266 g/mol. The lowest BCUT2D eigenvalue weighted by atomic mass is 9.95. The number of anilines is 2. The van der Waals surface area contributed by atoms with Crippen molar-refractivity contribution >= 4 is 29.0 Å². The Bertz CT molecular complexity index is 424. The summed E-state index contributed by atoms with van der Waals surface area (Å²) in [6.45, 7) is 7.79. The minimum absolute atomic E-state index is 0.0214. The van der Waals surface area contributed by atoms with Gasteiger partial charge in [-0.05, 0) is 30.4 Å². The third kappa shape index (κ3) is 4.26. The predicted octanol–water partition coefficient (Wildman–Crippen LogP) is 3.76. The predicted molar refractivity (Wildman–Crippen MR) is 80.0 cm³/mol. The molecule has 18 heavy (non-hydrogen) atoms. The lowest BCUT2D eigenvalue weighted by molar-refractivity contribution is -0.123. The number of hydrogen-bond donors (Lipinski definition) is 2. The summed E-state index contributed by atoms with van der Waals surface area (Å²) >= 11 is 1.77. The molecule has 0 unspecified atom stereocenters. The highest BCUT2D eigenvalue weighted by Crippen LogP contribution is 2.28. The largest absolute Gasteiger partial charge is 0.397 e. The molecule has 0 aliphatic carbocycles. The van der Waals surface area contributed by atoms with Crippen LogP contribution in [0.2, 0.25) is 0 Å². The molecule has 3 N–H and O–H groups in total. The van der Waals surface area contributed by atoms with Gasteiger partial charge >= 0.3 is 0 Å². The number of carbonyl (C=O) groups excluding carboxylic acids is 1. The highest BCUT2D eigenvalue weighted by atomic mass is 32.2. The van der Waals surface area contributed by atoms with Crippen LogP contribution in [0, 0.1) is 5.41 Å². The first-order chi connectivity index (χ1) is 8.34. The Labute approximate surface area is 114 Å². The van der Waals surface area contributed by atoms with Crippen molar-refractivity contribution in [2.24, 2.45) is 5.41 Å². The Kier molecular flexibility index (Phi) is 5.08. The first-order valence-electron chi connectivity index (χ1n) is 6.18. The van der Waals surface area contributed by atoms with E-state index in [1.54, 1.807) is 11.8 Å². The van der Waals surface area contributed by atoms with Crippen LogP contribution in [-0.4, -0.2) is 11.7 Å². The normalized spacial score (nSPS) is 11.3. The number of thioether (sulfide) groups is 1. The van der Waals surface area contributed by atoms with Crippen LogP contribution in [0.25, 0.3) is 0 Å². The highest BCUT2D eigenvalue weighted by Gasteiger charge is 2.21. The summed E-state index contributed by atoms with van der Waals surface area (Å²) in [6.07, 6.45) is 1.12.